The average Bonchev–Trinajstić information content (AvgIpc) is 2.47. The van der Waals surface area contributed by atoms with E-state index in [0.29, 0.717) is 24.7 Å². The van der Waals surface area contributed by atoms with Crippen molar-refractivity contribution < 1.29 is 14.6 Å². The Bertz CT molecular complexity index is 542. The van der Waals surface area contributed by atoms with Crippen LogP contribution in [0.3, 0.4) is 0 Å². The van der Waals surface area contributed by atoms with Crippen LogP contribution in [0.5, 0.6) is 11.5 Å². The zero-order chi connectivity index (χ0) is 12.4. The minimum Gasteiger partial charge on any atom is -0.486 e. The molecule has 1 aliphatic heterocycles. The molecule has 1 N–H and O–H groups in total. The van der Waals surface area contributed by atoms with Crippen molar-refractivity contribution in [3.8, 4) is 11.5 Å². The Hall–Kier alpha value is -2.07. The lowest BCUT2D eigenvalue weighted by molar-refractivity contribution is 0.169. The smallest absolute Gasteiger partial charge is 0.161 e. The first-order valence-corrected chi connectivity index (χ1v) is 5.83. The lowest BCUT2D eigenvalue weighted by Gasteiger charge is -2.20. The van der Waals surface area contributed by atoms with Crippen molar-refractivity contribution in [3.05, 3.63) is 53.9 Å². The Labute approximate surface area is 105 Å². The molecule has 2 aromatic rings. The van der Waals surface area contributed by atoms with E-state index in [1.807, 2.05) is 24.3 Å². The van der Waals surface area contributed by atoms with Gasteiger partial charge in [0.15, 0.2) is 11.5 Å². The highest BCUT2D eigenvalue weighted by Crippen LogP contribution is 2.33. The van der Waals surface area contributed by atoms with Gasteiger partial charge in [-0.3, -0.25) is 4.98 Å². The van der Waals surface area contributed by atoms with Gasteiger partial charge in [0.2, 0.25) is 0 Å². The maximum absolute atomic E-state index is 10.2. The molecule has 1 atom stereocenters. The van der Waals surface area contributed by atoms with E-state index in [-0.39, 0.29) is 0 Å². The summed E-state index contributed by atoms with van der Waals surface area (Å²) in [7, 11) is 0. The number of aliphatic hydroxyl groups is 1. The Kier molecular flexibility index (Phi) is 2.86. The molecule has 4 heteroatoms. The molecule has 2 heterocycles. The van der Waals surface area contributed by atoms with Crippen molar-refractivity contribution >= 4 is 0 Å². The molecule has 0 aliphatic carbocycles. The van der Waals surface area contributed by atoms with E-state index in [4.69, 9.17) is 9.47 Å². The zero-order valence-corrected chi connectivity index (χ0v) is 9.74. The third-order valence-corrected chi connectivity index (χ3v) is 2.85. The predicted octanol–water partition coefficient (Wildman–Crippen LogP) is 1.93. The average molecular weight is 243 g/mol. The first kappa shape index (κ1) is 11.0. The molecule has 0 fully saturated rings. The molecule has 1 aromatic carbocycles. The Morgan fingerprint density at radius 1 is 1.06 bits per heavy atom. The molecule has 0 spiro atoms. The first-order valence-electron chi connectivity index (χ1n) is 5.83. The normalized spacial score (nSPS) is 15.2. The number of hydrogen-bond donors (Lipinski definition) is 1. The molecule has 0 saturated heterocycles. The van der Waals surface area contributed by atoms with Gasteiger partial charge in [0.25, 0.3) is 0 Å². The topological polar surface area (TPSA) is 51.6 Å². The maximum atomic E-state index is 10.2. The van der Waals surface area contributed by atoms with E-state index >= 15 is 0 Å². The van der Waals surface area contributed by atoms with Gasteiger partial charge >= 0.3 is 0 Å². The molecule has 0 bridgehead atoms. The summed E-state index contributed by atoms with van der Waals surface area (Å²) in [5, 5.41) is 10.2. The number of aromatic nitrogens is 1. The standard InChI is InChI=1S/C14H13NO3/c16-14(11-3-1-2-6-15-11)10-4-5-12-13(9-10)18-8-7-17-12/h1-6,9,14,16H,7-8H2. The van der Waals surface area contributed by atoms with Gasteiger partial charge in [-0.25, -0.2) is 0 Å². The molecular formula is C14H13NO3. The molecule has 1 unspecified atom stereocenters. The first-order chi connectivity index (χ1) is 8.84. The van der Waals surface area contributed by atoms with E-state index in [1.54, 1.807) is 18.3 Å². The summed E-state index contributed by atoms with van der Waals surface area (Å²) in [4.78, 5) is 4.15. The van der Waals surface area contributed by atoms with Crippen LogP contribution < -0.4 is 9.47 Å². The quantitative estimate of drug-likeness (QED) is 0.875. The van der Waals surface area contributed by atoms with Gasteiger partial charge in [0.05, 0.1) is 5.69 Å². The monoisotopic (exact) mass is 243 g/mol. The van der Waals surface area contributed by atoms with Crippen molar-refractivity contribution in [2.75, 3.05) is 13.2 Å². The van der Waals surface area contributed by atoms with Crippen LogP contribution in [0.1, 0.15) is 17.4 Å². The highest BCUT2D eigenvalue weighted by molar-refractivity contribution is 5.45. The number of rotatable bonds is 2. The summed E-state index contributed by atoms with van der Waals surface area (Å²) in [6.45, 7) is 1.10. The Morgan fingerprint density at radius 3 is 2.67 bits per heavy atom. The van der Waals surface area contributed by atoms with Crippen molar-refractivity contribution in [1.82, 2.24) is 4.98 Å². The highest BCUT2D eigenvalue weighted by Gasteiger charge is 2.16. The van der Waals surface area contributed by atoms with Gasteiger partial charge in [-0.05, 0) is 29.8 Å². The summed E-state index contributed by atoms with van der Waals surface area (Å²) in [5.41, 5.74) is 1.37. The van der Waals surface area contributed by atoms with Gasteiger partial charge in [-0.1, -0.05) is 12.1 Å². The van der Waals surface area contributed by atoms with Crippen LogP contribution in [-0.4, -0.2) is 23.3 Å². The minimum absolute atomic E-state index is 0.538. The Morgan fingerprint density at radius 2 is 1.89 bits per heavy atom. The molecule has 0 saturated carbocycles. The third kappa shape index (κ3) is 2.02. The van der Waals surface area contributed by atoms with Gasteiger partial charge in [-0.2, -0.15) is 0 Å². The van der Waals surface area contributed by atoms with E-state index in [2.05, 4.69) is 4.98 Å². The molecule has 1 aliphatic rings. The fourth-order valence-corrected chi connectivity index (χ4v) is 1.94. The van der Waals surface area contributed by atoms with Crippen molar-refractivity contribution in [2.24, 2.45) is 0 Å². The van der Waals surface area contributed by atoms with Crippen LogP contribution in [0.2, 0.25) is 0 Å². The second-order valence-corrected chi connectivity index (χ2v) is 4.06. The maximum Gasteiger partial charge on any atom is 0.161 e. The number of hydrogen-bond acceptors (Lipinski definition) is 4. The molecule has 18 heavy (non-hydrogen) atoms. The lowest BCUT2D eigenvalue weighted by atomic mass is 10.1. The number of benzene rings is 1. The van der Waals surface area contributed by atoms with Crippen LogP contribution in [0.15, 0.2) is 42.6 Å². The van der Waals surface area contributed by atoms with Gasteiger partial charge in [0, 0.05) is 6.20 Å². The summed E-state index contributed by atoms with van der Waals surface area (Å²) in [6, 6.07) is 10.9. The predicted molar refractivity (Wildman–Crippen MR) is 65.7 cm³/mol. The number of pyridine rings is 1. The van der Waals surface area contributed by atoms with E-state index in [9.17, 15) is 5.11 Å². The fraction of sp³-hybridized carbons (Fsp3) is 0.214. The fourth-order valence-electron chi connectivity index (χ4n) is 1.94. The molecule has 92 valence electrons. The molecule has 0 amide bonds. The number of ether oxygens (including phenoxy) is 2. The number of nitrogens with zero attached hydrogens (tertiary/aromatic N) is 1. The lowest BCUT2D eigenvalue weighted by Crippen LogP contribution is -2.15. The van der Waals surface area contributed by atoms with E-state index in [1.165, 1.54) is 0 Å². The van der Waals surface area contributed by atoms with Gasteiger partial charge in [-0.15, -0.1) is 0 Å². The Balaban J connectivity index is 1.93. The summed E-state index contributed by atoms with van der Waals surface area (Å²) in [6.07, 6.45) is 0.915. The third-order valence-electron chi connectivity index (χ3n) is 2.85. The number of fused-ring (bicyclic) bond motifs is 1. The molecule has 0 radical (unpaired) electrons. The van der Waals surface area contributed by atoms with Crippen LogP contribution in [0, 0.1) is 0 Å². The molecule has 3 rings (SSSR count). The van der Waals surface area contributed by atoms with Crippen molar-refractivity contribution in [1.29, 1.82) is 0 Å². The second kappa shape index (κ2) is 4.66. The minimum atomic E-state index is -0.748. The summed E-state index contributed by atoms with van der Waals surface area (Å²) >= 11 is 0. The van der Waals surface area contributed by atoms with Crippen LogP contribution >= 0.6 is 0 Å². The van der Waals surface area contributed by atoms with E-state index < -0.39 is 6.10 Å². The number of aliphatic hydroxyl groups excluding tert-OH is 1. The molecular weight excluding hydrogens is 230 g/mol. The second-order valence-electron chi connectivity index (χ2n) is 4.06. The largest absolute Gasteiger partial charge is 0.486 e. The summed E-state index contributed by atoms with van der Waals surface area (Å²) in [5.74, 6) is 1.40. The van der Waals surface area contributed by atoms with Crippen LogP contribution in [-0.2, 0) is 0 Å². The molecule has 4 nitrogen and oxygen atoms in total. The van der Waals surface area contributed by atoms with Gasteiger partial charge in [0.1, 0.15) is 19.3 Å². The van der Waals surface area contributed by atoms with Gasteiger partial charge < -0.3 is 14.6 Å². The summed E-state index contributed by atoms with van der Waals surface area (Å²) < 4.78 is 10.9. The van der Waals surface area contributed by atoms with Crippen LogP contribution in [0.4, 0.5) is 0 Å². The molecule has 1 aromatic heterocycles. The van der Waals surface area contributed by atoms with Crippen molar-refractivity contribution in [3.63, 3.8) is 0 Å². The van der Waals surface area contributed by atoms with Crippen molar-refractivity contribution in [2.45, 2.75) is 6.10 Å². The SMILES string of the molecule is OC(c1ccc2c(c1)OCCO2)c1ccccn1. The van der Waals surface area contributed by atoms with E-state index in [0.717, 1.165) is 11.3 Å². The van der Waals surface area contributed by atoms with Crippen LogP contribution in [0.25, 0.3) is 0 Å². The zero-order valence-electron chi connectivity index (χ0n) is 9.74. The highest BCUT2D eigenvalue weighted by atomic mass is 16.6.